The van der Waals surface area contributed by atoms with Gasteiger partial charge in [0.05, 0.1) is 31.0 Å². The number of aryl methyl sites for hydroxylation is 1. The second-order valence-corrected chi connectivity index (χ2v) is 8.88. The third-order valence-corrected chi connectivity index (χ3v) is 7.05. The number of rotatable bonds is 4. The molecule has 0 spiro atoms. The van der Waals surface area contributed by atoms with Gasteiger partial charge in [0.1, 0.15) is 0 Å². The molecule has 0 bridgehead atoms. The fraction of sp³-hybridized carbons (Fsp3) is 0.360. The van der Waals surface area contributed by atoms with Crippen LogP contribution in [-0.4, -0.2) is 41.0 Å². The number of thiocarbonyl (C=S) groups is 1. The van der Waals surface area contributed by atoms with Gasteiger partial charge in [0.15, 0.2) is 5.11 Å². The molecule has 2 atom stereocenters. The van der Waals surface area contributed by atoms with Crippen molar-refractivity contribution in [1.82, 2.24) is 14.9 Å². The van der Waals surface area contributed by atoms with Crippen LogP contribution in [0.25, 0.3) is 0 Å². The number of nitrogens with one attached hydrogen (secondary N) is 1. The van der Waals surface area contributed by atoms with Gasteiger partial charge >= 0.3 is 0 Å². The van der Waals surface area contributed by atoms with E-state index in [0.29, 0.717) is 0 Å². The Hall–Kier alpha value is -2.90. The third-order valence-electron chi connectivity index (χ3n) is 6.74. The van der Waals surface area contributed by atoms with Crippen LogP contribution in [0.5, 0.6) is 0 Å². The molecule has 1 aromatic carbocycles. The Bertz CT molecular complexity index is 1110. The Balaban J connectivity index is 1.55. The van der Waals surface area contributed by atoms with E-state index < -0.39 is 0 Å². The fourth-order valence-electron chi connectivity index (χ4n) is 4.78. The maximum absolute atomic E-state index is 5.87. The quantitative estimate of drug-likeness (QED) is 0.609. The Labute approximate surface area is 194 Å². The van der Waals surface area contributed by atoms with Gasteiger partial charge in [0.2, 0.25) is 0 Å². The lowest BCUT2D eigenvalue weighted by molar-refractivity contribution is 0.122. The van der Waals surface area contributed by atoms with Crippen molar-refractivity contribution in [3.63, 3.8) is 0 Å². The van der Waals surface area contributed by atoms with Crippen LogP contribution >= 0.6 is 12.2 Å². The highest BCUT2D eigenvalue weighted by Crippen LogP contribution is 2.43. The van der Waals surface area contributed by atoms with Crippen molar-refractivity contribution in [2.24, 2.45) is 7.05 Å². The van der Waals surface area contributed by atoms with E-state index in [1.54, 1.807) is 0 Å². The van der Waals surface area contributed by atoms with E-state index >= 15 is 0 Å². The molecule has 0 saturated carbocycles. The molecule has 2 aliphatic heterocycles. The van der Waals surface area contributed by atoms with Crippen molar-refractivity contribution < 1.29 is 4.74 Å². The molecule has 2 saturated heterocycles. The summed E-state index contributed by atoms with van der Waals surface area (Å²) >= 11 is 5.87. The monoisotopic (exact) mass is 447 g/mol. The standard InChI is InChI=1S/C25H29N5OS/c1-17-16-21(18(2)28(17)3)24-23(22-6-4-5-11-26-22)27-25(32)30(24)20-9-7-19(8-10-20)29-12-14-31-15-13-29/h4-11,16,23-24H,12-15H2,1-3H3,(H,27,32)/t23-,24+/m0/s1. The van der Waals surface area contributed by atoms with Crippen molar-refractivity contribution in [3.8, 4) is 0 Å². The molecule has 0 radical (unpaired) electrons. The van der Waals surface area contributed by atoms with Crippen molar-refractivity contribution in [1.29, 1.82) is 0 Å². The maximum Gasteiger partial charge on any atom is 0.174 e. The predicted molar refractivity (Wildman–Crippen MR) is 132 cm³/mol. The molecule has 7 heteroatoms. The first-order valence-electron chi connectivity index (χ1n) is 11.1. The summed E-state index contributed by atoms with van der Waals surface area (Å²) in [4.78, 5) is 9.28. The predicted octanol–water partition coefficient (Wildman–Crippen LogP) is 4.05. The minimum absolute atomic E-state index is 0.0199. The molecule has 1 N–H and O–H groups in total. The normalized spacial score (nSPS) is 21.2. The number of pyridine rings is 1. The highest BCUT2D eigenvalue weighted by molar-refractivity contribution is 7.80. The summed E-state index contributed by atoms with van der Waals surface area (Å²) < 4.78 is 7.74. The molecule has 3 aromatic rings. The SMILES string of the molecule is Cc1cc([C@@H]2[C@H](c3ccccn3)NC(=S)N2c2ccc(N3CCOCC3)cc2)c(C)n1C. The van der Waals surface area contributed by atoms with Gasteiger partial charge in [0.25, 0.3) is 0 Å². The topological polar surface area (TPSA) is 45.6 Å². The van der Waals surface area contributed by atoms with Crippen molar-refractivity contribution >= 4 is 28.7 Å². The summed E-state index contributed by atoms with van der Waals surface area (Å²) in [5.41, 5.74) is 7.05. The van der Waals surface area contributed by atoms with E-state index in [0.717, 1.165) is 42.8 Å². The Morgan fingerprint density at radius 3 is 2.38 bits per heavy atom. The molecular formula is C25H29N5OS. The average Bonchev–Trinajstić information content (AvgIpc) is 3.31. The first kappa shape index (κ1) is 21.0. The van der Waals surface area contributed by atoms with Crippen LogP contribution in [-0.2, 0) is 11.8 Å². The third kappa shape index (κ3) is 3.65. The molecule has 32 heavy (non-hydrogen) atoms. The smallest absolute Gasteiger partial charge is 0.174 e. The molecule has 166 valence electrons. The molecular weight excluding hydrogens is 418 g/mol. The summed E-state index contributed by atoms with van der Waals surface area (Å²) in [6.45, 7) is 7.74. The van der Waals surface area contributed by atoms with Gasteiger partial charge in [0, 0.05) is 49.1 Å². The van der Waals surface area contributed by atoms with Gasteiger partial charge in [-0.25, -0.2) is 0 Å². The number of hydrogen-bond acceptors (Lipinski definition) is 4. The highest BCUT2D eigenvalue weighted by atomic mass is 32.1. The molecule has 5 rings (SSSR count). The van der Waals surface area contributed by atoms with Crippen LogP contribution in [0.2, 0.25) is 0 Å². The molecule has 6 nitrogen and oxygen atoms in total. The zero-order chi connectivity index (χ0) is 22.2. The minimum atomic E-state index is -0.0249. The molecule has 2 aromatic heterocycles. The number of nitrogens with zero attached hydrogens (tertiary/aromatic N) is 4. The Kier molecular flexibility index (Phi) is 5.61. The van der Waals surface area contributed by atoms with Crippen molar-refractivity contribution in [3.05, 3.63) is 77.4 Å². The van der Waals surface area contributed by atoms with E-state index in [1.165, 1.54) is 22.6 Å². The lowest BCUT2D eigenvalue weighted by atomic mass is 9.96. The Morgan fingerprint density at radius 2 is 1.75 bits per heavy atom. The summed E-state index contributed by atoms with van der Waals surface area (Å²) in [6, 6.07) is 17.1. The van der Waals surface area contributed by atoms with Crippen LogP contribution in [0.4, 0.5) is 11.4 Å². The van der Waals surface area contributed by atoms with Crippen molar-refractivity contribution in [2.75, 3.05) is 36.1 Å². The van der Waals surface area contributed by atoms with Crippen LogP contribution in [0.15, 0.2) is 54.7 Å². The zero-order valence-corrected chi connectivity index (χ0v) is 19.6. The van der Waals surface area contributed by atoms with Gasteiger partial charge in [-0.15, -0.1) is 0 Å². The van der Waals surface area contributed by atoms with E-state index in [9.17, 15) is 0 Å². The van der Waals surface area contributed by atoms with Crippen molar-refractivity contribution in [2.45, 2.75) is 25.9 Å². The number of benzene rings is 1. The molecule has 4 heterocycles. The van der Waals surface area contributed by atoms with E-state index in [-0.39, 0.29) is 12.1 Å². The van der Waals surface area contributed by atoms with Crippen LogP contribution in [0.1, 0.15) is 34.7 Å². The second kappa shape index (κ2) is 8.56. The zero-order valence-electron chi connectivity index (χ0n) is 18.8. The lowest BCUT2D eigenvalue weighted by Crippen LogP contribution is -2.36. The number of anilines is 2. The Morgan fingerprint density at radius 1 is 1.03 bits per heavy atom. The molecule has 0 amide bonds. The molecule has 0 aliphatic carbocycles. The average molecular weight is 448 g/mol. The highest BCUT2D eigenvalue weighted by Gasteiger charge is 2.42. The number of morpholine rings is 1. The van der Waals surface area contributed by atoms with Crippen LogP contribution in [0.3, 0.4) is 0 Å². The van der Waals surface area contributed by atoms with Gasteiger partial charge < -0.3 is 24.4 Å². The summed E-state index contributed by atoms with van der Waals surface area (Å²) in [7, 11) is 2.12. The molecule has 0 unspecified atom stereocenters. The largest absolute Gasteiger partial charge is 0.378 e. The van der Waals surface area contributed by atoms with Gasteiger partial charge in [-0.2, -0.15) is 0 Å². The van der Waals surface area contributed by atoms with Crippen LogP contribution < -0.4 is 15.1 Å². The second-order valence-electron chi connectivity index (χ2n) is 8.50. The lowest BCUT2D eigenvalue weighted by Gasteiger charge is -2.31. The summed E-state index contributed by atoms with van der Waals surface area (Å²) in [5, 5.41) is 4.29. The number of ether oxygens (including phenoxy) is 1. The minimum Gasteiger partial charge on any atom is -0.378 e. The first-order chi connectivity index (χ1) is 15.5. The fourth-order valence-corrected chi connectivity index (χ4v) is 5.12. The van der Waals surface area contributed by atoms with Gasteiger partial charge in [-0.3, -0.25) is 4.98 Å². The van der Waals surface area contributed by atoms with Gasteiger partial charge in [-0.1, -0.05) is 6.07 Å². The number of hydrogen-bond donors (Lipinski definition) is 1. The van der Waals surface area contributed by atoms with Crippen LogP contribution in [0, 0.1) is 13.8 Å². The molecule has 2 aliphatic rings. The first-order valence-corrected chi connectivity index (χ1v) is 11.5. The van der Waals surface area contributed by atoms with E-state index in [4.69, 9.17) is 17.0 Å². The molecule has 2 fully saturated rings. The summed E-state index contributed by atoms with van der Waals surface area (Å²) in [6.07, 6.45) is 1.85. The van der Waals surface area contributed by atoms with Gasteiger partial charge in [-0.05, 0) is 74.1 Å². The number of aromatic nitrogens is 2. The maximum atomic E-state index is 5.87. The summed E-state index contributed by atoms with van der Waals surface area (Å²) in [5.74, 6) is 0. The van der Waals surface area contributed by atoms with E-state index in [2.05, 4.69) is 82.0 Å². The van der Waals surface area contributed by atoms with E-state index in [1.807, 2.05) is 18.3 Å².